The lowest BCUT2D eigenvalue weighted by Crippen LogP contribution is -2.38. The molecule has 0 radical (unpaired) electrons. The fourth-order valence-electron chi connectivity index (χ4n) is 4.08. The summed E-state index contributed by atoms with van der Waals surface area (Å²) >= 11 is 0. The zero-order valence-electron chi connectivity index (χ0n) is 19.9. The maximum absolute atomic E-state index is 13.0. The predicted molar refractivity (Wildman–Crippen MR) is 129 cm³/mol. The largest absolute Gasteiger partial charge is 0.497 e. The molecule has 35 heavy (non-hydrogen) atoms. The second-order valence-electron chi connectivity index (χ2n) is 8.31. The van der Waals surface area contributed by atoms with Crippen LogP contribution in [0.25, 0.3) is 11.5 Å². The van der Waals surface area contributed by atoms with Gasteiger partial charge in [0, 0.05) is 30.3 Å². The Hall–Kier alpha value is -3.44. The smallest absolute Gasteiger partial charge is 0.322 e. The Balaban J connectivity index is 1.45. The summed E-state index contributed by atoms with van der Waals surface area (Å²) in [7, 11) is 1.04. The SMILES string of the molecule is COc1cc(OC)cc(-c2nnc(NC(=O)c3ccc(S(=O)(=O)N(C)C4CCCCC4)cc3)o2)c1. The molecule has 10 nitrogen and oxygen atoms in total. The van der Waals surface area contributed by atoms with Crippen molar-refractivity contribution in [2.45, 2.75) is 43.0 Å². The van der Waals surface area contributed by atoms with Gasteiger partial charge in [-0.3, -0.25) is 10.1 Å². The highest BCUT2D eigenvalue weighted by Gasteiger charge is 2.29. The van der Waals surface area contributed by atoms with Gasteiger partial charge in [0.15, 0.2) is 0 Å². The number of rotatable bonds is 8. The third kappa shape index (κ3) is 5.46. The van der Waals surface area contributed by atoms with Crippen molar-refractivity contribution in [3.05, 3.63) is 48.0 Å². The van der Waals surface area contributed by atoms with Crippen LogP contribution in [-0.2, 0) is 10.0 Å². The standard InChI is InChI=1S/C24H28N4O6S/c1-28(18-7-5-4-6-8-18)35(30,31)21-11-9-16(10-12-21)22(29)25-24-27-26-23(34-24)17-13-19(32-2)15-20(14-17)33-3/h9-15,18H,4-8H2,1-3H3,(H,25,27,29). The van der Waals surface area contributed by atoms with E-state index < -0.39 is 15.9 Å². The van der Waals surface area contributed by atoms with Gasteiger partial charge in [0.25, 0.3) is 5.91 Å². The zero-order valence-corrected chi connectivity index (χ0v) is 20.7. The van der Waals surface area contributed by atoms with Crippen LogP contribution in [0.3, 0.4) is 0 Å². The Morgan fingerprint density at radius 3 is 2.23 bits per heavy atom. The van der Waals surface area contributed by atoms with Gasteiger partial charge in [-0.25, -0.2) is 8.42 Å². The van der Waals surface area contributed by atoms with Crippen molar-refractivity contribution < 1.29 is 27.1 Å². The van der Waals surface area contributed by atoms with Crippen molar-refractivity contribution in [2.75, 3.05) is 26.6 Å². The number of nitrogens with zero attached hydrogens (tertiary/aromatic N) is 3. The van der Waals surface area contributed by atoms with Gasteiger partial charge in [0.05, 0.1) is 19.1 Å². The molecular weight excluding hydrogens is 472 g/mol. The first kappa shape index (κ1) is 24.7. The number of anilines is 1. The van der Waals surface area contributed by atoms with E-state index in [4.69, 9.17) is 13.9 Å². The Morgan fingerprint density at radius 1 is 1.00 bits per heavy atom. The van der Waals surface area contributed by atoms with E-state index in [1.54, 1.807) is 25.2 Å². The molecule has 1 aliphatic carbocycles. The van der Waals surface area contributed by atoms with E-state index in [1.165, 1.54) is 42.8 Å². The van der Waals surface area contributed by atoms with Gasteiger partial charge in [0.2, 0.25) is 15.9 Å². The number of carbonyl (C=O) groups is 1. The second kappa shape index (κ2) is 10.4. The predicted octanol–water partition coefficient (Wildman–Crippen LogP) is 3.96. The van der Waals surface area contributed by atoms with Gasteiger partial charge in [-0.05, 0) is 49.2 Å². The molecule has 0 unspecified atom stereocenters. The average molecular weight is 501 g/mol. The van der Waals surface area contributed by atoms with E-state index >= 15 is 0 Å². The summed E-state index contributed by atoms with van der Waals surface area (Å²) in [5.41, 5.74) is 0.818. The number of sulfonamides is 1. The molecule has 0 bridgehead atoms. The highest BCUT2D eigenvalue weighted by Crippen LogP contribution is 2.30. The molecule has 1 saturated carbocycles. The Bertz CT molecular complexity index is 1260. The molecule has 1 aromatic heterocycles. The fraction of sp³-hybridized carbons (Fsp3) is 0.375. The van der Waals surface area contributed by atoms with Crippen LogP contribution in [0.1, 0.15) is 42.5 Å². The summed E-state index contributed by atoms with van der Waals surface area (Å²) in [6, 6.07) is 10.8. The molecule has 4 rings (SSSR count). The summed E-state index contributed by atoms with van der Waals surface area (Å²) in [5.74, 6) is 0.761. The third-order valence-electron chi connectivity index (χ3n) is 6.13. The van der Waals surface area contributed by atoms with Gasteiger partial charge in [0.1, 0.15) is 11.5 Å². The molecule has 1 N–H and O–H groups in total. The molecule has 3 aromatic rings. The van der Waals surface area contributed by atoms with E-state index in [1.807, 2.05) is 0 Å². The number of methoxy groups -OCH3 is 2. The van der Waals surface area contributed by atoms with Crippen LogP contribution in [0, 0.1) is 0 Å². The number of hydrogen-bond donors (Lipinski definition) is 1. The number of hydrogen-bond acceptors (Lipinski definition) is 8. The van der Waals surface area contributed by atoms with Gasteiger partial charge in [-0.1, -0.05) is 24.4 Å². The van der Waals surface area contributed by atoms with E-state index in [0.29, 0.717) is 17.1 Å². The van der Waals surface area contributed by atoms with Crippen molar-refractivity contribution in [3.63, 3.8) is 0 Å². The normalized spacial score (nSPS) is 14.6. The minimum atomic E-state index is -3.64. The molecule has 0 atom stereocenters. The van der Waals surface area contributed by atoms with E-state index in [2.05, 4.69) is 15.5 Å². The summed E-state index contributed by atoms with van der Waals surface area (Å²) in [6.07, 6.45) is 4.94. The number of ether oxygens (including phenoxy) is 2. The van der Waals surface area contributed by atoms with Crippen LogP contribution in [-0.4, -0.2) is 56.1 Å². The zero-order chi connectivity index (χ0) is 25.0. The maximum atomic E-state index is 13.0. The first-order chi connectivity index (χ1) is 16.8. The van der Waals surface area contributed by atoms with Crippen molar-refractivity contribution in [1.29, 1.82) is 0 Å². The van der Waals surface area contributed by atoms with Crippen molar-refractivity contribution in [1.82, 2.24) is 14.5 Å². The van der Waals surface area contributed by atoms with Gasteiger partial charge in [-0.2, -0.15) is 4.31 Å². The summed E-state index contributed by atoms with van der Waals surface area (Å²) < 4.78 is 43.5. The minimum absolute atomic E-state index is 0.00741. The molecule has 1 amide bonds. The summed E-state index contributed by atoms with van der Waals surface area (Å²) in [4.78, 5) is 12.8. The lowest BCUT2D eigenvalue weighted by molar-refractivity contribution is 0.102. The second-order valence-corrected chi connectivity index (χ2v) is 10.3. The monoisotopic (exact) mass is 500 g/mol. The fourth-order valence-corrected chi connectivity index (χ4v) is 5.49. The highest BCUT2D eigenvalue weighted by atomic mass is 32.2. The summed E-state index contributed by atoms with van der Waals surface area (Å²) in [5, 5.41) is 10.4. The summed E-state index contributed by atoms with van der Waals surface area (Å²) in [6.45, 7) is 0. The molecule has 2 aromatic carbocycles. The van der Waals surface area contributed by atoms with Crippen LogP contribution < -0.4 is 14.8 Å². The van der Waals surface area contributed by atoms with Gasteiger partial charge < -0.3 is 13.9 Å². The quantitative estimate of drug-likeness (QED) is 0.493. The van der Waals surface area contributed by atoms with Crippen LogP contribution in [0.15, 0.2) is 51.8 Å². The molecule has 1 heterocycles. The molecule has 0 aliphatic heterocycles. The number of nitrogens with one attached hydrogen (secondary N) is 1. The first-order valence-corrected chi connectivity index (χ1v) is 12.7. The van der Waals surface area contributed by atoms with E-state index in [-0.39, 0.29) is 28.4 Å². The van der Waals surface area contributed by atoms with Crippen LogP contribution in [0.4, 0.5) is 6.01 Å². The number of benzene rings is 2. The third-order valence-corrected chi connectivity index (χ3v) is 8.05. The average Bonchev–Trinajstić information content (AvgIpc) is 3.36. The van der Waals surface area contributed by atoms with Crippen molar-refractivity contribution >= 4 is 21.9 Å². The minimum Gasteiger partial charge on any atom is -0.497 e. The highest BCUT2D eigenvalue weighted by molar-refractivity contribution is 7.89. The molecule has 186 valence electrons. The van der Waals surface area contributed by atoms with E-state index in [0.717, 1.165) is 32.1 Å². The molecule has 0 spiro atoms. The van der Waals surface area contributed by atoms with Crippen molar-refractivity contribution in [2.24, 2.45) is 0 Å². The lowest BCUT2D eigenvalue weighted by atomic mass is 9.96. The van der Waals surface area contributed by atoms with Gasteiger partial charge in [-0.15, -0.1) is 5.10 Å². The van der Waals surface area contributed by atoms with Gasteiger partial charge >= 0.3 is 6.01 Å². The Labute approximate surface area is 204 Å². The number of aromatic nitrogens is 2. The van der Waals surface area contributed by atoms with Crippen LogP contribution in [0.2, 0.25) is 0 Å². The van der Waals surface area contributed by atoms with E-state index in [9.17, 15) is 13.2 Å². The molecule has 1 fully saturated rings. The topological polar surface area (TPSA) is 124 Å². The molecule has 1 aliphatic rings. The molecule has 0 saturated heterocycles. The molecular formula is C24H28N4O6S. The van der Waals surface area contributed by atoms with Crippen LogP contribution >= 0.6 is 0 Å². The first-order valence-electron chi connectivity index (χ1n) is 11.3. The number of carbonyl (C=O) groups excluding carboxylic acids is 1. The van der Waals surface area contributed by atoms with Crippen LogP contribution in [0.5, 0.6) is 11.5 Å². The Kier molecular flexibility index (Phi) is 7.37. The Morgan fingerprint density at radius 2 is 1.63 bits per heavy atom. The maximum Gasteiger partial charge on any atom is 0.322 e. The molecule has 11 heteroatoms. The number of amides is 1. The lowest BCUT2D eigenvalue weighted by Gasteiger charge is -2.30. The van der Waals surface area contributed by atoms with Crippen molar-refractivity contribution in [3.8, 4) is 23.0 Å².